The molecule has 0 unspecified atom stereocenters. The van der Waals surface area contributed by atoms with Gasteiger partial charge in [-0.15, -0.1) is 11.3 Å². The van der Waals surface area contributed by atoms with Crippen molar-refractivity contribution < 1.29 is 13.2 Å². The predicted molar refractivity (Wildman–Crippen MR) is 91.0 cm³/mol. The number of amides is 1. The third kappa shape index (κ3) is 3.31. The second-order valence-corrected chi connectivity index (χ2v) is 8.68. The Morgan fingerprint density at radius 1 is 1.42 bits per heavy atom. The summed E-state index contributed by atoms with van der Waals surface area (Å²) in [5.74, 6) is -0.285. The number of thiazole rings is 1. The molecule has 2 aromatic rings. The third-order valence-electron chi connectivity index (χ3n) is 3.63. The first-order valence-corrected chi connectivity index (χ1v) is 9.47. The summed E-state index contributed by atoms with van der Waals surface area (Å²) in [5.41, 5.74) is 1.29. The monoisotopic (exact) mass is 367 g/mol. The smallest absolute Gasteiger partial charge is 0.281 e. The van der Waals surface area contributed by atoms with Crippen LogP contribution in [0.3, 0.4) is 0 Å². The second-order valence-electron chi connectivity index (χ2n) is 5.46. The van der Waals surface area contributed by atoms with Gasteiger partial charge in [-0.25, -0.2) is 4.98 Å². The molecule has 0 saturated heterocycles. The summed E-state index contributed by atoms with van der Waals surface area (Å²) in [5, 5.41) is 3.21. The second kappa shape index (κ2) is 6.55. The van der Waals surface area contributed by atoms with E-state index in [2.05, 4.69) is 15.3 Å². The quantitative estimate of drug-likeness (QED) is 0.868. The van der Waals surface area contributed by atoms with Crippen molar-refractivity contribution in [2.75, 3.05) is 26.0 Å². The van der Waals surface area contributed by atoms with Crippen molar-refractivity contribution >= 4 is 32.6 Å². The van der Waals surface area contributed by atoms with Crippen LogP contribution in [0.5, 0.6) is 0 Å². The van der Waals surface area contributed by atoms with Crippen molar-refractivity contribution in [3.05, 3.63) is 40.7 Å². The SMILES string of the molecule is CN(C)S(=O)(=O)N1CCc2nc(NC(=O)c3cccnc3)sc2C1. The predicted octanol–water partition coefficient (Wildman–Crippen LogP) is 0.955. The molecular formula is C14H17N5O3S2. The van der Waals surface area contributed by atoms with Crippen molar-refractivity contribution in [2.24, 2.45) is 0 Å². The highest BCUT2D eigenvalue weighted by molar-refractivity contribution is 7.86. The van der Waals surface area contributed by atoms with Gasteiger partial charge < -0.3 is 0 Å². The van der Waals surface area contributed by atoms with Crippen LogP contribution in [0.15, 0.2) is 24.5 Å². The number of hydrogen-bond acceptors (Lipinski definition) is 6. The molecule has 0 fully saturated rings. The van der Waals surface area contributed by atoms with Gasteiger partial charge in [-0.3, -0.25) is 15.1 Å². The van der Waals surface area contributed by atoms with E-state index in [1.165, 1.54) is 40.2 Å². The fourth-order valence-corrected chi connectivity index (χ4v) is 4.50. The number of carbonyl (C=O) groups is 1. The molecule has 3 heterocycles. The van der Waals surface area contributed by atoms with E-state index in [1.807, 2.05) is 0 Å². The van der Waals surface area contributed by atoms with Crippen molar-refractivity contribution in [3.63, 3.8) is 0 Å². The molecule has 10 heteroatoms. The summed E-state index contributed by atoms with van der Waals surface area (Å²) in [7, 11) is -0.428. The van der Waals surface area contributed by atoms with Gasteiger partial charge >= 0.3 is 0 Å². The van der Waals surface area contributed by atoms with Crippen LogP contribution in [0.1, 0.15) is 20.9 Å². The third-order valence-corrected chi connectivity index (χ3v) is 6.51. The lowest BCUT2D eigenvalue weighted by Crippen LogP contribution is -2.42. The van der Waals surface area contributed by atoms with E-state index >= 15 is 0 Å². The molecule has 0 aliphatic carbocycles. The van der Waals surface area contributed by atoms with Gasteiger partial charge in [-0.1, -0.05) is 0 Å². The molecule has 0 saturated carbocycles. The van der Waals surface area contributed by atoms with Gasteiger partial charge in [0.15, 0.2) is 5.13 Å². The van der Waals surface area contributed by atoms with Crippen LogP contribution in [0, 0.1) is 0 Å². The molecule has 128 valence electrons. The molecule has 1 amide bonds. The van der Waals surface area contributed by atoms with Crippen LogP contribution >= 0.6 is 11.3 Å². The number of anilines is 1. The highest BCUT2D eigenvalue weighted by atomic mass is 32.2. The lowest BCUT2D eigenvalue weighted by molar-refractivity contribution is 0.102. The molecule has 0 radical (unpaired) electrons. The highest BCUT2D eigenvalue weighted by Gasteiger charge is 2.30. The van der Waals surface area contributed by atoms with Crippen LogP contribution in [-0.2, 0) is 23.2 Å². The lowest BCUT2D eigenvalue weighted by Gasteiger charge is -2.27. The molecule has 0 bridgehead atoms. The van der Waals surface area contributed by atoms with Crippen molar-refractivity contribution in [3.8, 4) is 0 Å². The summed E-state index contributed by atoms with van der Waals surface area (Å²) >= 11 is 1.30. The Hall–Kier alpha value is -1.88. The molecule has 8 nitrogen and oxygen atoms in total. The van der Waals surface area contributed by atoms with Crippen LogP contribution in [0.25, 0.3) is 0 Å². The number of aromatic nitrogens is 2. The van der Waals surface area contributed by atoms with Gasteiger partial charge in [0.25, 0.3) is 16.1 Å². The maximum Gasteiger partial charge on any atom is 0.281 e. The van der Waals surface area contributed by atoms with E-state index in [4.69, 9.17) is 0 Å². The number of rotatable bonds is 4. The van der Waals surface area contributed by atoms with Gasteiger partial charge in [0.05, 0.1) is 17.8 Å². The molecule has 1 N–H and O–H groups in total. The molecule has 1 aliphatic heterocycles. The first-order chi connectivity index (χ1) is 11.4. The Balaban J connectivity index is 1.75. The van der Waals surface area contributed by atoms with Crippen LogP contribution in [-0.4, -0.2) is 53.5 Å². The number of nitrogens with zero attached hydrogens (tertiary/aromatic N) is 4. The number of pyridine rings is 1. The maximum atomic E-state index is 12.2. The van der Waals surface area contributed by atoms with Crippen LogP contribution < -0.4 is 5.32 Å². The first kappa shape index (κ1) is 17.0. The fraction of sp³-hybridized carbons (Fsp3) is 0.357. The summed E-state index contributed by atoms with van der Waals surface area (Å²) in [6.07, 6.45) is 3.61. The summed E-state index contributed by atoms with van der Waals surface area (Å²) in [4.78, 5) is 21.3. The number of fused-ring (bicyclic) bond motifs is 1. The van der Waals surface area contributed by atoms with Gasteiger partial charge in [-0.05, 0) is 12.1 Å². The average Bonchev–Trinajstić information content (AvgIpc) is 2.96. The number of carbonyl (C=O) groups excluding carboxylic acids is 1. The van der Waals surface area contributed by atoms with Gasteiger partial charge in [0.2, 0.25) is 0 Å². The maximum absolute atomic E-state index is 12.2. The molecule has 0 aromatic carbocycles. The standard InChI is InChI=1S/C14H17N5O3S2/c1-18(2)24(21,22)19-7-5-11-12(9-19)23-14(16-11)17-13(20)10-4-3-6-15-8-10/h3-4,6,8H,5,7,9H2,1-2H3,(H,16,17,20). The van der Waals surface area contributed by atoms with Crippen molar-refractivity contribution in [2.45, 2.75) is 13.0 Å². The highest BCUT2D eigenvalue weighted by Crippen LogP contribution is 2.30. The molecular weight excluding hydrogens is 350 g/mol. The zero-order valence-electron chi connectivity index (χ0n) is 13.3. The Labute approximate surface area is 144 Å². The lowest BCUT2D eigenvalue weighted by atomic mass is 10.2. The topological polar surface area (TPSA) is 95.5 Å². The Bertz CT molecular complexity index is 849. The average molecular weight is 367 g/mol. The van der Waals surface area contributed by atoms with Gasteiger partial charge in [-0.2, -0.15) is 17.0 Å². The minimum atomic E-state index is -3.45. The Morgan fingerprint density at radius 2 is 2.21 bits per heavy atom. The molecule has 24 heavy (non-hydrogen) atoms. The summed E-state index contributed by atoms with van der Waals surface area (Å²) in [6.45, 7) is 0.656. The first-order valence-electron chi connectivity index (χ1n) is 7.25. The van der Waals surface area contributed by atoms with E-state index in [-0.39, 0.29) is 12.5 Å². The minimum Gasteiger partial charge on any atom is -0.298 e. The molecule has 0 spiro atoms. The van der Waals surface area contributed by atoms with Gasteiger partial charge in [0, 0.05) is 44.3 Å². The molecule has 1 aliphatic rings. The van der Waals surface area contributed by atoms with E-state index in [0.717, 1.165) is 10.6 Å². The Kier molecular flexibility index (Phi) is 4.63. The summed E-state index contributed by atoms with van der Waals surface area (Å²) < 4.78 is 27.1. The molecule has 3 rings (SSSR count). The Morgan fingerprint density at radius 3 is 2.88 bits per heavy atom. The van der Waals surface area contributed by atoms with E-state index < -0.39 is 10.2 Å². The van der Waals surface area contributed by atoms with Crippen LogP contribution in [0.4, 0.5) is 5.13 Å². The van der Waals surface area contributed by atoms with E-state index in [0.29, 0.717) is 23.7 Å². The fourth-order valence-electron chi connectivity index (χ4n) is 2.32. The largest absolute Gasteiger partial charge is 0.298 e. The van der Waals surface area contributed by atoms with Crippen molar-refractivity contribution in [1.29, 1.82) is 0 Å². The van der Waals surface area contributed by atoms with Crippen LogP contribution in [0.2, 0.25) is 0 Å². The van der Waals surface area contributed by atoms with E-state index in [1.54, 1.807) is 18.3 Å². The zero-order valence-corrected chi connectivity index (χ0v) is 14.9. The molecule has 2 aromatic heterocycles. The van der Waals surface area contributed by atoms with Crippen molar-refractivity contribution in [1.82, 2.24) is 18.6 Å². The number of nitrogens with one attached hydrogen (secondary N) is 1. The normalized spacial score (nSPS) is 15.3. The minimum absolute atomic E-state index is 0.274. The summed E-state index contributed by atoms with van der Waals surface area (Å²) in [6, 6.07) is 3.35. The van der Waals surface area contributed by atoms with E-state index in [9.17, 15) is 13.2 Å². The molecule has 0 atom stereocenters. The number of hydrogen-bond donors (Lipinski definition) is 1. The van der Waals surface area contributed by atoms with Gasteiger partial charge in [0.1, 0.15) is 0 Å². The zero-order chi connectivity index (χ0) is 17.3.